The second-order valence-electron chi connectivity index (χ2n) is 4.82. The SMILES string of the molecule is CSc1cccc(NC(=O)CSc2nncn2C2CC2)c1. The molecule has 1 N–H and O–H groups in total. The maximum atomic E-state index is 12.0. The van der Waals surface area contributed by atoms with Crippen LogP contribution in [0.1, 0.15) is 18.9 Å². The third kappa shape index (κ3) is 3.79. The van der Waals surface area contributed by atoms with Crippen molar-refractivity contribution in [2.75, 3.05) is 17.3 Å². The largest absolute Gasteiger partial charge is 0.325 e. The molecule has 0 spiro atoms. The van der Waals surface area contributed by atoms with Crippen LogP contribution in [0, 0.1) is 0 Å². The minimum absolute atomic E-state index is 0.0244. The lowest BCUT2D eigenvalue weighted by Gasteiger charge is -2.07. The molecule has 1 amide bonds. The van der Waals surface area contributed by atoms with Crippen LogP contribution in [0.15, 0.2) is 40.6 Å². The van der Waals surface area contributed by atoms with Crippen LogP contribution >= 0.6 is 23.5 Å². The molecule has 0 atom stereocenters. The van der Waals surface area contributed by atoms with Gasteiger partial charge in [0.2, 0.25) is 5.91 Å². The van der Waals surface area contributed by atoms with Crippen molar-refractivity contribution >= 4 is 35.1 Å². The molecule has 0 radical (unpaired) electrons. The van der Waals surface area contributed by atoms with E-state index in [1.165, 1.54) is 24.6 Å². The zero-order valence-electron chi connectivity index (χ0n) is 11.7. The Morgan fingerprint density at radius 3 is 3.10 bits per heavy atom. The van der Waals surface area contributed by atoms with Crippen LogP contribution in [-0.2, 0) is 4.79 Å². The van der Waals surface area contributed by atoms with Crippen molar-refractivity contribution in [3.63, 3.8) is 0 Å². The molecule has 5 nitrogen and oxygen atoms in total. The molecule has 1 aliphatic carbocycles. The van der Waals surface area contributed by atoms with Crippen molar-refractivity contribution in [1.29, 1.82) is 0 Å². The molecule has 1 heterocycles. The molecular weight excluding hydrogens is 304 g/mol. The summed E-state index contributed by atoms with van der Waals surface area (Å²) >= 11 is 3.09. The van der Waals surface area contributed by atoms with Crippen LogP contribution in [0.25, 0.3) is 0 Å². The number of nitrogens with zero attached hydrogens (tertiary/aromatic N) is 3. The summed E-state index contributed by atoms with van der Waals surface area (Å²) in [5, 5.41) is 11.7. The van der Waals surface area contributed by atoms with Crippen molar-refractivity contribution in [1.82, 2.24) is 14.8 Å². The lowest BCUT2D eigenvalue weighted by Crippen LogP contribution is -2.14. The van der Waals surface area contributed by atoms with E-state index in [0.29, 0.717) is 11.8 Å². The highest BCUT2D eigenvalue weighted by atomic mass is 32.2. The van der Waals surface area contributed by atoms with E-state index >= 15 is 0 Å². The van der Waals surface area contributed by atoms with Crippen LogP contribution in [0.3, 0.4) is 0 Å². The summed E-state index contributed by atoms with van der Waals surface area (Å²) in [5.41, 5.74) is 0.830. The van der Waals surface area contributed by atoms with Gasteiger partial charge in [0, 0.05) is 16.6 Å². The summed E-state index contributed by atoms with van der Waals surface area (Å²) in [6.07, 6.45) is 6.12. The molecule has 21 heavy (non-hydrogen) atoms. The molecule has 0 saturated heterocycles. The molecule has 110 valence electrons. The van der Waals surface area contributed by atoms with Crippen molar-refractivity contribution < 1.29 is 4.79 Å². The topological polar surface area (TPSA) is 59.8 Å². The molecule has 2 aromatic rings. The molecule has 1 fully saturated rings. The molecule has 7 heteroatoms. The maximum Gasteiger partial charge on any atom is 0.234 e. The lowest BCUT2D eigenvalue weighted by atomic mass is 10.3. The Morgan fingerprint density at radius 2 is 2.33 bits per heavy atom. The Bertz CT molecular complexity index is 639. The first-order chi connectivity index (χ1) is 10.3. The van der Waals surface area contributed by atoms with Gasteiger partial charge >= 0.3 is 0 Å². The average Bonchev–Trinajstić information content (AvgIpc) is 3.24. The van der Waals surface area contributed by atoms with E-state index in [1.54, 1.807) is 18.1 Å². The normalized spacial score (nSPS) is 14.1. The molecule has 0 bridgehead atoms. The smallest absolute Gasteiger partial charge is 0.234 e. The summed E-state index contributed by atoms with van der Waals surface area (Å²) < 4.78 is 2.06. The second-order valence-corrected chi connectivity index (χ2v) is 6.64. The summed E-state index contributed by atoms with van der Waals surface area (Å²) in [7, 11) is 0. The summed E-state index contributed by atoms with van der Waals surface area (Å²) in [4.78, 5) is 13.1. The second kappa shape index (κ2) is 6.53. The monoisotopic (exact) mass is 320 g/mol. The number of amides is 1. The first-order valence-electron chi connectivity index (χ1n) is 6.72. The molecule has 0 aliphatic heterocycles. The van der Waals surface area contributed by atoms with Gasteiger partial charge in [-0.15, -0.1) is 22.0 Å². The number of hydrogen-bond acceptors (Lipinski definition) is 5. The lowest BCUT2D eigenvalue weighted by molar-refractivity contribution is -0.113. The number of hydrogen-bond donors (Lipinski definition) is 1. The fourth-order valence-electron chi connectivity index (χ4n) is 1.97. The quantitative estimate of drug-likeness (QED) is 0.829. The maximum absolute atomic E-state index is 12.0. The number of carbonyl (C=O) groups excluding carboxylic acids is 1. The van der Waals surface area contributed by atoms with Gasteiger partial charge < -0.3 is 9.88 Å². The van der Waals surface area contributed by atoms with Crippen LogP contribution in [0.5, 0.6) is 0 Å². The van der Waals surface area contributed by atoms with Gasteiger partial charge in [0.25, 0.3) is 0 Å². The van der Waals surface area contributed by atoms with E-state index in [4.69, 9.17) is 0 Å². The molecule has 1 aromatic heterocycles. The van der Waals surface area contributed by atoms with Crippen LogP contribution < -0.4 is 5.32 Å². The highest BCUT2D eigenvalue weighted by molar-refractivity contribution is 7.99. The van der Waals surface area contributed by atoms with E-state index in [1.807, 2.05) is 30.5 Å². The van der Waals surface area contributed by atoms with Crippen LogP contribution in [0.4, 0.5) is 5.69 Å². The Morgan fingerprint density at radius 1 is 1.48 bits per heavy atom. The predicted molar refractivity (Wildman–Crippen MR) is 85.9 cm³/mol. The fourth-order valence-corrected chi connectivity index (χ4v) is 3.21. The van der Waals surface area contributed by atoms with Gasteiger partial charge in [-0.25, -0.2) is 0 Å². The fraction of sp³-hybridized carbons (Fsp3) is 0.357. The van der Waals surface area contributed by atoms with Gasteiger partial charge in [-0.3, -0.25) is 4.79 Å². The number of carbonyl (C=O) groups is 1. The zero-order chi connectivity index (χ0) is 14.7. The predicted octanol–water partition coefficient (Wildman–Crippen LogP) is 3.07. The zero-order valence-corrected chi connectivity index (χ0v) is 13.3. The van der Waals surface area contributed by atoms with Crippen molar-refractivity contribution in [2.45, 2.75) is 28.9 Å². The average molecular weight is 320 g/mol. The number of anilines is 1. The molecule has 1 aromatic carbocycles. The van der Waals surface area contributed by atoms with E-state index in [-0.39, 0.29) is 5.91 Å². The Balaban J connectivity index is 1.55. The summed E-state index contributed by atoms with van der Waals surface area (Å²) in [6, 6.07) is 8.37. The van der Waals surface area contributed by atoms with Gasteiger partial charge in [0.05, 0.1) is 5.75 Å². The number of aromatic nitrogens is 3. The van der Waals surface area contributed by atoms with Crippen molar-refractivity contribution in [3.8, 4) is 0 Å². The van der Waals surface area contributed by atoms with Gasteiger partial charge in [-0.05, 0) is 37.3 Å². The standard InChI is InChI=1S/C14H16N4OS2/c1-20-12-4-2-3-10(7-12)16-13(19)8-21-14-17-15-9-18(14)11-5-6-11/h2-4,7,9,11H,5-6,8H2,1H3,(H,16,19). The van der Waals surface area contributed by atoms with E-state index in [2.05, 4.69) is 20.1 Å². The summed E-state index contributed by atoms with van der Waals surface area (Å²) in [5.74, 6) is 0.318. The van der Waals surface area contributed by atoms with Crippen LogP contribution in [0.2, 0.25) is 0 Å². The number of nitrogens with one attached hydrogen (secondary N) is 1. The Hall–Kier alpha value is -1.47. The van der Waals surface area contributed by atoms with Crippen molar-refractivity contribution in [2.24, 2.45) is 0 Å². The molecule has 0 unspecified atom stereocenters. The van der Waals surface area contributed by atoms with Crippen molar-refractivity contribution in [3.05, 3.63) is 30.6 Å². The highest BCUT2D eigenvalue weighted by Gasteiger charge is 2.26. The first kappa shape index (κ1) is 14.5. The van der Waals surface area contributed by atoms with E-state index in [9.17, 15) is 4.79 Å². The third-order valence-corrected chi connectivity index (χ3v) is 4.85. The van der Waals surface area contributed by atoms with Gasteiger partial charge in [0.1, 0.15) is 6.33 Å². The first-order valence-corrected chi connectivity index (χ1v) is 8.93. The number of rotatable bonds is 6. The number of benzene rings is 1. The molecule has 1 aliphatic rings. The van der Waals surface area contributed by atoms with Gasteiger partial charge in [0.15, 0.2) is 5.16 Å². The van der Waals surface area contributed by atoms with E-state index in [0.717, 1.165) is 15.7 Å². The Kier molecular flexibility index (Phi) is 4.50. The molecule has 3 rings (SSSR count). The highest BCUT2D eigenvalue weighted by Crippen LogP contribution is 2.37. The number of thioether (sulfide) groups is 2. The summed E-state index contributed by atoms with van der Waals surface area (Å²) in [6.45, 7) is 0. The Labute approximate surface area is 131 Å². The van der Waals surface area contributed by atoms with Crippen LogP contribution in [-0.4, -0.2) is 32.7 Å². The molecule has 1 saturated carbocycles. The third-order valence-electron chi connectivity index (χ3n) is 3.17. The molecular formula is C14H16N4OS2. The minimum Gasteiger partial charge on any atom is -0.325 e. The van der Waals surface area contributed by atoms with Gasteiger partial charge in [-0.2, -0.15) is 0 Å². The van der Waals surface area contributed by atoms with Gasteiger partial charge in [-0.1, -0.05) is 17.8 Å². The minimum atomic E-state index is -0.0244. The van der Waals surface area contributed by atoms with E-state index < -0.39 is 0 Å².